The number of rotatable bonds is 65. The van der Waals surface area contributed by atoms with Gasteiger partial charge < -0.3 is 33.8 Å². The van der Waals surface area contributed by atoms with Crippen LogP contribution in [0.5, 0.6) is 0 Å². The van der Waals surface area contributed by atoms with Crippen LogP contribution in [0.4, 0.5) is 0 Å². The highest BCUT2D eigenvalue weighted by atomic mass is 31.2. The molecule has 0 bridgehead atoms. The summed E-state index contributed by atoms with van der Waals surface area (Å²) in [6, 6.07) is 0. The monoisotopic (exact) mass is 1270 g/mol. The molecular weight excluding hydrogens is 1140 g/mol. The van der Waals surface area contributed by atoms with Crippen molar-refractivity contribution >= 4 is 39.5 Å². The maximum atomic E-state index is 13.0. The van der Waals surface area contributed by atoms with Crippen LogP contribution in [0, 0.1) is 17.8 Å². The van der Waals surface area contributed by atoms with Gasteiger partial charge in [-0.25, -0.2) is 9.13 Å². The van der Waals surface area contributed by atoms with Crippen LogP contribution in [0.2, 0.25) is 0 Å². The van der Waals surface area contributed by atoms with E-state index >= 15 is 0 Å². The molecular formula is C67H130O17P2. The van der Waals surface area contributed by atoms with Crippen molar-refractivity contribution in [2.24, 2.45) is 17.8 Å². The van der Waals surface area contributed by atoms with Gasteiger partial charge in [0.25, 0.3) is 0 Å². The van der Waals surface area contributed by atoms with Crippen molar-refractivity contribution in [3.63, 3.8) is 0 Å². The van der Waals surface area contributed by atoms with E-state index in [0.29, 0.717) is 25.7 Å². The highest BCUT2D eigenvalue weighted by Gasteiger charge is 2.30. The van der Waals surface area contributed by atoms with Crippen molar-refractivity contribution < 1.29 is 80.2 Å². The fraction of sp³-hybridized carbons (Fsp3) is 0.940. The first-order valence-electron chi connectivity index (χ1n) is 34.9. The molecule has 0 aliphatic carbocycles. The molecule has 0 amide bonds. The average Bonchev–Trinajstić information content (AvgIpc) is 3.65. The van der Waals surface area contributed by atoms with E-state index in [1.807, 2.05) is 0 Å². The summed E-state index contributed by atoms with van der Waals surface area (Å²) in [5, 5.41) is 10.5. The van der Waals surface area contributed by atoms with E-state index in [-0.39, 0.29) is 25.7 Å². The maximum absolute atomic E-state index is 13.0. The summed E-state index contributed by atoms with van der Waals surface area (Å²) in [6.45, 7) is 11.8. The first kappa shape index (κ1) is 84.1. The third-order valence-electron chi connectivity index (χ3n) is 15.7. The molecule has 3 N–H and O–H groups in total. The molecule has 0 spiro atoms. The van der Waals surface area contributed by atoms with E-state index in [1.165, 1.54) is 128 Å². The number of aliphatic hydroxyl groups is 1. The van der Waals surface area contributed by atoms with E-state index in [2.05, 4.69) is 48.5 Å². The summed E-state index contributed by atoms with van der Waals surface area (Å²) in [6.07, 6.45) is 40.4. The predicted molar refractivity (Wildman–Crippen MR) is 344 cm³/mol. The Morgan fingerprint density at radius 1 is 0.337 bits per heavy atom. The molecule has 0 aliphatic heterocycles. The van der Waals surface area contributed by atoms with E-state index in [1.54, 1.807) is 0 Å². The van der Waals surface area contributed by atoms with Crippen molar-refractivity contribution in [2.45, 2.75) is 349 Å². The number of phosphoric acid groups is 2. The molecule has 0 heterocycles. The Morgan fingerprint density at radius 2 is 0.593 bits per heavy atom. The molecule has 86 heavy (non-hydrogen) atoms. The van der Waals surface area contributed by atoms with Crippen molar-refractivity contribution in [2.75, 3.05) is 39.6 Å². The lowest BCUT2D eigenvalue weighted by molar-refractivity contribution is -0.161. The highest BCUT2D eigenvalue weighted by molar-refractivity contribution is 7.47. The zero-order chi connectivity index (χ0) is 63.8. The van der Waals surface area contributed by atoms with Crippen molar-refractivity contribution in [1.29, 1.82) is 0 Å². The molecule has 6 atom stereocenters. The Balaban J connectivity index is 5.23. The van der Waals surface area contributed by atoms with Crippen molar-refractivity contribution in [3.8, 4) is 0 Å². The van der Waals surface area contributed by atoms with E-state index in [9.17, 15) is 43.2 Å². The second-order valence-corrected chi connectivity index (χ2v) is 28.3. The molecule has 510 valence electrons. The van der Waals surface area contributed by atoms with Gasteiger partial charge in [0.2, 0.25) is 0 Å². The van der Waals surface area contributed by atoms with E-state index in [4.69, 9.17) is 37.0 Å². The summed E-state index contributed by atoms with van der Waals surface area (Å²) in [5.41, 5.74) is 0. The highest BCUT2D eigenvalue weighted by Crippen LogP contribution is 2.45. The number of esters is 4. The third-order valence-corrected chi connectivity index (χ3v) is 17.6. The average molecular weight is 1270 g/mol. The quantitative estimate of drug-likeness (QED) is 0.0222. The van der Waals surface area contributed by atoms with E-state index < -0.39 is 97.5 Å². The van der Waals surface area contributed by atoms with Crippen LogP contribution in [0.3, 0.4) is 0 Å². The fourth-order valence-corrected chi connectivity index (χ4v) is 11.6. The molecule has 0 aromatic heterocycles. The molecule has 0 fully saturated rings. The van der Waals surface area contributed by atoms with Gasteiger partial charge >= 0.3 is 39.5 Å². The smallest absolute Gasteiger partial charge is 0.462 e. The van der Waals surface area contributed by atoms with Crippen LogP contribution in [-0.2, 0) is 65.4 Å². The van der Waals surface area contributed by atoms with Gasteiger partial charge in [0.1, 0.15) is 19.3 Å². The predicted octanol–water partition coefficient (Wildman–Crippen LogP) is 18.7. The van der Waals surface area contributed by atoms with Gasteiger partial charge in [-0.2, -0.15) is 0 Å². The maximum Gasteiger partial charge on any atom is 0.472 e. The van der Waals surface area contributed by atoms with E-state index in [0.717, 1.165) is 120 Å². The molecule has 17 nitrogen and oxygen atoms in total. The van der Waals surface area contributed by atoms with Crippen LogP contribution >= 0.6 is 15.6 Å². The minimum Gasteiger partial charge on any atom is -0.462 e. The lowest BCUT2D eigenvalue weighted by Gasteiger charge is -2.21. The third kappa shape index (κ3) is 59.7. The van der Waals surface area contributed by atoms with Gasteiger partial charge in [0.05, 0.1) is 26.4 Å². The standard InChI is InChI=1S/C67H130O17P2/c1-8-10-11-12-24-34-41-48-64(69)77-54-62(84-67(72)51-44-37-30-23-22-26-32-39-46-59(5)6)56-81-85(73,74)79-52-61(68)53-80-86(75,76)82-57-63(83-66(71)50-43-36-29-21-15-13-14-18-25-31-38-45-58(3)4)55-78-65(70)49-42-35-28-20-17-16-19-27-33-40-47-60(7)9-2/h58-63,68H,8-57H2,1-7H3,(H,73,74)(H,75,76)/t60?,61-,62+,63+/m0/s1. The molecule has 0 aliphatic rings. The van der Waals surface area contributed by atoms with Crippen LogP contribution in [-0.4, -0.2) is 96.7 Å². The minimum absolute atomic E-state index is 0.104. The Kier molecular flexibility index (Phi) is 56.9. The van der Waals surface area contributed by atoms with Crippen LogP contribution in [0.1, 0.15) is 331 Å². The number of carbonyl (C=O) groups excluding carboxylic acids is 4. The second kappa shape index (κ2) is 58.2. The summed E-state index contributed by atoms with van der Waals surface area (Å²) in [4.78, 5) is 72.3. The van der Waals surface area contributed by atoms with Gasteiger partial charge in [-0.1, -0.05) is 280 Å². The lowest BCUT2D eigenvalue weighted by Crippen LogP contribution is -2.30. The summed E-state index contributed by atoms with van der Waals surface area (Å²) in [7, 11) is -9.89. The zero-order valence-electron chi connectivity index (χ0n) is 55.8. The number of hydrogen-bond donors (Lipinski definition) is 3. The molecule has 19 heteroatoms. The molecule has 0 radical (unpaired) electrons. The Bertz CT molecular complexity index is 1700. The number of unbranched alkanes of at least 4 members (excludes halogenated alkanes) is 32. The summed E-state index contributed by atoms with van der Waals surface area (Å²) < 4.78 is 68.1. The first-order valence-corrected chi connectivity index (χ1v) is 37.9. The minimum atomic E-state index is -4.95. The molecule has 3 unspecified atom stereocenters. The topological polar surface area (TPSA) is 237 Å². The number of phosphoric ester groups is 2. The second-order valence-electron chi connectivity index (χ2n) is 25.4. The molecule has 0 aromatic carbocycles. The number of ether oxygens (including phenoxy) is 4. The van der Waals surface area contributed by atoms with Crippen molar-refractivity contribution in [3.05, 3.63) is 0 Å². The molecule has 0 saturated carbocycles. The number of aliphatic hydroxyl groups excluding tert-OH is 1. The van der Waals surface area contributed by atoms with Crippen LogP contribution < -0.4 is 0 Å². The van der Waals surface area contributed by atoms with Gasteiger partial charge in [-0.15, -0.1) is 0 Å². The zero-order valence-corrected chi connectivity index (χ0v) is 57.6. The van der Waals surface area contributed by atoms with Crippen molar-refractivity contribution in [1.82, 2.24) is 0 Å². The molecule has 0 rings (SSSR count). The van der Waals surface area contributed by atoms with Crippen LogP contribution in [0.15, 0.2) is 0 Å². The number of carbonyl (C=O) groups is 4. The van der Waals surface area contributed by atoms with Gasteiger partial charge in [0, 0.05) is 25.7 Å². The Hall–Kier alpha value is -1.94. The fourth-order valence-electron chi connectivity index (χ4n) is 9.98. The van der Waals surface area contributed by atoms with Gasteiger partial charge in [-0.3, -0.25) is 37.3 Å². The SMILES string of the molecule is CCCCCCCCCC(=O)OC[C@H](COP(=O)(O)OC[C@H](O)COP(=O)(O)OC[C@@H](COC(=O)CCCCCCCCCCCCC(C)CC)OC(=O)CCCCCCCCCCCCCC(C)C)OC(=O)CCCCCCCCCCC(C)C. The molecule has 0 saturated heterocycles. The largest absolute Gasteiger partial charge is 0.472 e. The first-order chi connectivity index (χ1) is 41.3. The van der Waals surface area contributed by atoms with Gasteiger partial charge in [-0.05, 0) is 43.4 Å². The number of hydrogen-bond acceptors (Lipinski definition) is 15. The molecule has 0 aromatic rings. The summed E-state index contributed by atoms with van der Waals surface area (Å²) >= 11 is 0. The van der Waals surface area contributed by atoms with Crippen LogP contribution in [0.25, 0.3) is 0 Å². The Morgan fingerprint density at radius 3 is 0.884 bits per heavy atom. The van der Waals surface area contributed by atoms with Gasteiger partial charge in [0.15, 0.2) is 12.2 Å². The lowest BCUT2D eigenvalue weighted by atomic mass is 9.99. The summed E-state index contributed by atoms with van der Waals surface area (Å²) in [5.74, 6) is 0.157. The Labute approximate surface area is 524 Å². The normalized spacial score (nSPS) is 14.6.